The van der Waals surface area contributed by atoms with Gasteiger partial charge in [-0.3, -0.25) is 4.79 Å². The molecule has 0 aliphatic carbocycles. The molecular weight excluding hydrogens is 335 g/mol. The van der Waals surface area contributed by atoms with Crippen LogP contribution in [0.4, 0.5) is 5.69 Å². The lowest BCUT2D eigenvalue weighted by atomic mass is 10.2. The zero-order chi connectivity index (χ0) is 16.7. The fourth-order valence-electron chi connectivity index (χ4n) is 1.99. The van der Waals surface area contributed by atoms with Crippen LogP contribution in [0.25, 0.3) is 0 Å². The van der Waals surface area contributed by atoms with E-state index in [2.05, 4.69) is 10.6 Å². The Bertz CT molecular complexity index is 660. The Morgan fingerprint density at radius 3 is 2.52 bits per heavy atom. The summed E-state index contributed by atoms with van der Waals surface area (Å²) in [6.07, 6.45) is 0.372. The quantitative estimate of drug-likeness (QED) is 0.787. The van der Waals surface area contributed by atoms with Gasteiger partial charge in [0.1, 0.15) is 5.75 Å². The number of rotatable bonds is 7. The van der Waals surface area contributed by atoms with Gasteiger partial charge < -0.3 is 15.4 Å². The zero-order valence-corrected chi connectivity index (χ0v) is 14.2. The van der Waals surface area contributed by atoms with Gasteiger partial charge in [-0.2, -0.15) is 0 Å². The number of benzene rings is 2. The van der Waals surface area contributed by atoms with Gasteiger partial charge in [0.25, 0.3) is 0 Å². The maximum Gasteiger partial charge on any atom is 0.222 e. The van der Waals surface area contributed by atoms with Crippen molar-refractivity contribution in [3.63, 3.8) is 0 Å². The van der Waals surface area contributed by atoms with Crippen molar-refractivity contribution in [2.75, 3.05) is 19.0 Å². The molecule has 0 saturated carbocycles. The molecule has 6 heteroatoms. The fraction of sp³-hybridized carbons (Fsp3) is 0.235. The third-order valence-corrected chi connectivity index (χ3v) is 3.78. The second-order valence-electron chi connectivity index (χ2n) is 4.93. The lowest BCUT2D eigenvalue weighted by Crippen LogP contribution is -2.24. The van der Waals surface area contributed by atoms with Gasteiger partial charge in [-0.1, -0.05) is 35.3 Å². The third kappa shape index (κ3) is 5.66. The normalized spacial score (nSPS) is 10.2. The summed E-state index contributed by atoms with van der Waals surface area (Å²) in [5, 5.41) is 7.24. The first-order valence-electron chi connectivity index (χ1n) is 7.17. The van der Waals surface area contributed by atoms with Gasteiger partial charge in [-0.05, 0) is 35.9 Å². The number of carbonyl (C=O) groups excluding carboxylic acids is 1. The molecule has 0 unspecified atom stereocenters. The highest BCUT2D eigenvalue weighted by Crippen LogP contribution is 2.27. The lowest BCUT2D eigenvalue weighted by molar-refractivity contribution is -0.121. The molecule has 1 amide bonds. The van der Waals surface area contributed by atoms with E-state index in [1.54, 1.807) is 31.4 Å². The minimum atomic E-state index is -0.0212. The predicted molar refractivity (Wildman–Crippen MR) is 94.4 cm³/mol. The molecule has 0 spiro atoms. The number of ether oxygens (including phenoxy) is 1. The maximum absolute atomic E-state index is 11.8. The van der Waals surface area contributed by atoms with E-state index in [9.17, 15) is 4.79 Å². The van der Waals surface area contributed by atoms with Crippen LogP contribution in [0.2, 0.25) is 10.0 Å². The van der Waals surface area contributed by atoms with Crippen molar-refractivity contribution in [3.05, 3.63) is 58.1 Å². The van der Waals surface area contributed by atoms with Crippen LogP contribution in [0, 0.1) is 0 Å². The number of hydrogen-bond donors (Lipinski definition) is 2. The first-order valence-corrected chi connectivity index (χ1v) is 7.92. The van der Waals surface area contributed by atoms with E-state index in [1.165, 1.54) is 0 Å². The van der Waals surface area contributed by atoms with Crippen molar-refractivity contribution >= 4 is 34.8 Å². The first kappa shape index (κ1) is 17.4. The van der Waals surface area contributed by atoms with Gasteiger partial charge >= 0.3 is 0 Å². The van der Waals surface area contributed by atoms with Gasteiger partial charge in [-0.25, -0.2) is 0 Å². The molecule has 0 aromatic heterocycles. The van der Waals surface area contributed by atoms with Crippen LogP contribution in [0.3, 0.4) is 0 Å². The third-order valence-electron chi connectivity index (χ3n) is 3.24. The smallest absolute Gasteiger partial charge is 0.222 e. The number of anilines is 1. The van der Waals surface area contributed by atoms with Crippen molar-refractivity contribution < 1.29 is 9.53 Å². The first-order chi connectivity index (χ1) is 11.1. The molecule has 23 heavy (non-hydrogen) atoms. The standard InChI is InChI=1S/C17H18Cl2N2O2/c1-23-16-7-6-14(10-15(16)19)20-9-8-17(22)21-11-12-2-4-13(18)5-3-12/h2-7,10,20H,8-9,11H2,1H3,(H,21,22). The summed E-state index contributed by atoms with van der Waals surface area (Å²) in [6.45, 7) is 1.01. The molecule has 0 atom stereocenters. The molecule has 2 rings (SSSR count). The van der Waals surface area contributed by atoms with Crippen molar-refractivity contribution in [3.8, 4) is 5.75 Å². The Morgan fingerprint density at radius 2 is 1.87 bits per heavy atom. The average molecular weight is 353 g/mol. The molecule has 4 nitrogen and oxygen atoms in total. The van der Waals surface area contributed by atoms with Crippen molar-refractivity contribution in [1.82, 2.24) is 5.32 Å². The van der Waals surface area contributed by atoms with E-state index >= 15 is 0 Å². The summed E-state index contributed by atoms with van der Waals surface area (Å²) in [4.78, 5) is 11.8. The van der Waals surface area contributed by atoms with E-state index in [-0.39, 0.29) is 5.91 Å². The predicted octanol–water partition coefficient (Wildman–Crippen LogP) is 4.12. The van der Waals surface area contributed by atoms with Crippen LogP contribution in [-0.2, 0) is 11.3 Å². The topological polar surface area (TPSA) is 50.4 Å². The summed E-state index contributed by atoms with van der Waals surface area (Å²) >= 11 is 11.9. The Morgan fingerprint density at radius 1 is 1.13 bits per heavy atom. The molecular formula is C17H18Cl2N2O2. The molecule has 0 fully saturated rings. The van der Waals surface area contributed by atoms with E-state index in [1.807, 2.05) is 18.2 Å². The Labute approximate surface area is 145 Å². The molecule has 0 aliphatic heterocycles. The minimum absolute atomic E-state index is 0.0212. The van der Waals surface area contributed by atoms with Crippen LogP contribution in [0.5, 0.6) is 5.75 Å². The van der Waals surface area contributed by atoms with Gasteiger partial charge in [-0.15, -0.1) is 0 Å². The minimum Gasteiger partial charge on any atom is -0.495 e. The van der Waals surface area contributed by atoms with E-state index in [4.69, 9.17) is 27.9 Å². The Kier molecular flexibility index (Phi) is 6.56. The van der Waals surface area contributed by atoms with Crippen LogP contribution in [-0.4, -0.2) is 19.6 Å². The summed E-state index contributed by atoms with van der Waals surface area (Å²) in [7, 11) is 1.57. The van der Waals surface area contributed by atoms with Gasteiger partial charge in [0.2, 0.25) is 5.91 Å². The molecule has 0 bridgehead atoms. The number of amides is 1. The molecule has 0 heterocycles. The molecule has 0 aliphatic rings. The molecule has 122 valence electrons. The number of hydrogen-bond acceptors (Lipinski definition) is 3. The highest BCUT2D eigenvalue weighted by Gasteiger charge is 2.04. The van der Waals surface area contributed by atoms with Crippen molar-refractivity contribution in [2.24, 2.45) is 0 Å². The van der Waals surface area contributed by atoms with Gasteiger partial charge in [0.15, 0.2) is 0 Å². The monoisotopic (exact) mass is 352 g/mol. The Balaban J connectivity index is 1.72. The maximum atomic E-state index is 11.8. The Hall–Kier alpha value is -1.91. The summed E-state index contributed by atoms with van der Waals surface area (Å²) in [5.74, 6) is 0.602. The van der Waals surface area contributed by atoms with Crippen LogP contribution in [0.1, 0.15) is 12.0 Å². The second-order valence-corrected chi connectivity index (χ2v) is 5.77. The van der Waals surface area contributed by atoms with E-state index in [0.29, 0.717) is 35.3 Å². The number of halogens is 2. The number of carbonyl (C=O) groups is 1. The molecule has 0 radical (unpaired) electrons. The number of nitrogens with one attached hydrogen (secondary N) is 2. The second kappa shape index (κ2) is 8.65. The highest BCUT2D eigenvalue weighted by molar-refractivity contribution is 6.32. The van der Waals surface area contributed by atoms with E-state index < -0.39 is 0 Å². The lowest BCUT2D eigenvalue weighted by Gasteiger charge is -2.09. The van der Waals surface area contributed by atoms with Gasteiger partial charge in [0.05, 0.1) is 12.1 Å². The molecule has 2 aromatic rings. The number of methoxy groups -OCH3 is 1. The van der Waals surface area contributed by atoms with Crippen molar-refractivity contribution in [2.45, 2.75) is 13.0 Å². The summed E-state index contributed by atoms with van der Waals surface area (Å²) in [5.41, 5.74) is 1.86. The largest absolute Gasteiger partial charge is 0.495 e. The van der Waals surface area contributed by atoms with Crippen LogP contribution in [0.15, 0.2) is 42.5 Å². The van der Waals surface area contributed by atoms with Crippen LogP contribution < -0.4 is 15.4 Å². The fourth-order valence-corrected chi connectivity index (χ4v) is 2.37. The van der Waals surface area contributed by atoms with Crippen molar-refractivity contribution in [1.29, 1.82) is 0 Å². The SMILES string of the molecule is COc1ccc(NCCC(=O)NCc2ccc(Cl)cc2)cc1Cl. The average Bonchev–Trinajstić information content (AvgIpc) is 2.54. The molecule has 2 N–H and O–H groups in total. The zero-order valence-electron chi connectivity index (χ0n) is 12.7. The highest BCUT2D eigenvalue weighted by atomic mass is 35.5. The summed E-state index contributed by atoms with van der Waals surface area (Å²) in [6, 6.07) is 12.8. The van der Waals surface area contributed by atoms with Crippen LogP contribution >= 0.6 is 23.2 Å². The molecule has 2 aromatic carbocycles. The molecule has 0 saturated heterocycles. The summed E-state index contributed by atoms with van der Waals surface area (Å²) < 4.78 is 5.09. The van der Waals surface area contributed by atoms with Gasteiger partial charge in [0, 0.05) is 30.2 Å². The van der Waals surface area contributed by atoms with E-state index in [0.717, 1.165) is 11.3 Å².